The van der Waals surface area contributed by atoms with Crippen LogP contribution in [0.5, 0.6) is 0 Å². The van der Waals surface area contributed by atoms with E-state index in [9.17, 15) is 4.79 Å². The average molecular weight is 321 g/mol. The normalized spacial score (nSPS) is 21.9. The number of ether oxygens (including phenoxy) is 1. The lowest BCUT2D eigenvalue weighted by Gasteiger charge is -2.22. The molecule has 2 aliphatic heterocycles. The highest BCUT2D eigenvalue weighted by atomic mass is 16.5. The third-order valence-corrected chi connectivity index (χ3v) is 4.11. The Hall–Kier alpha value is -1.93. The molecule has 1 atom stereocenters. The summed E-state index contributed by atoms with van der Waals surface area (Å²) in [7, 11) is 0. The van der Waals surface area contributed by atoms with Crippen LogP contribution in [0.25, 0.3) is 0 Å². The van der Waals surface area contributed by atoms with Gasteiger partial charge in [-0.3, -0.25) is 4.79 Å². The van der Waals surface area contributed by atoms with Gasteiger partial charge in [0.05, 0.1) is 18.9 Å². The Morgan fingerprint density at radius 1 is 1.43 bits per heavy atom. The molecule has 3 N–H and O–H groups in total. The van der Waals surface area contributed by atoms with Crippen molar-refractivity contribution in [2.75, 3.05) is 56.2 Å². The molecule has 0 radical (unpaired) electrons. The molecule has 1 amide bonds. The lowest BCUT2D eigenvalue weighted by Crippen LogP contribution is -2.29. The molecule has 1 aromatic heterocycles. The summed E-state index contributed by atoms with van der Waals surface area (Å²) in [5, 5.41) is 14.9. The summed E-state index contributed by atoms with van der Waals surface area (Å²) in [4.78, 5) is 22.7. The van der Waals surface area contributed by atoms with Gasteiger partial charge in [-0.15, -0.1) is 0 Å². The minimum atomic E-state index is 0.0254. The van der Waals surface area contributed by atoms with Crippen molar-refractivity contribution in [2.24, 2.45) is 0 Å². The predicted molar refractivity (Wildman–Crippen MR) is 85.6 cm³/mol. The molecule has 8 heteroatoms. The van der Waals surface area contributed by atoms with Crippen LogP contribution < -0.4 is 15.5 Å². The summed E-state index contributed by atoms with van der Waals surface area (Å²) < 4.78 is 5.46. The van der Waals surface area contributed by atoms with Crippen molar-refractivity contribution >= 4 is 17.7 Å². The third-order valence-electron chi connectivity index (χ3n) is 4.11. The lowest BCUT2D eigenvalue weighted by atomic mass is 10.0. The summed E-state index contributed by atoms with van der Waals surface area (Å²) in [6.45, 7) is 3.85. The standard InChI is InChI=1S/C15H23N5O3/c21-7-4-17-15-18-12(11-2-8-23-10-11)9-13(19-15)20-5-1-14(22)16-3-6-20/h9,11,21H,1-8,10H2,(H,16,22)(H,17,18,19). The van der Waals surface area contributed by atoms with E-state index in [0.29, 0.717) is 38.6 Å². The highest BCUT2D eigenvalue weighted by Gasteiger charge is 2.23. The zero-order chi connectivity index (χ0) is 16.1. The molecule has 23 heavy (non-hydrogen) atoms. The Balaban J connectivity index is 1.84. The van der Waals surface area contributed by atoms with Crippen molar-refractivity contribution in [3.63, 3.8) is 0 Å². The van der Waals surface area contributed by atoms with Gasteiger partial charge < -0.3 is 25.4 Å². The number of carbonyl (C=O) groups excluding carboxylic acids is 1. The molecule has 0 aromatic carbocycles. The van der Waals surface area contributed by atoms with E-state index >= 15 is 0 Å². The molecule has 8 nitrogen and oxygen atoms in total. The monoisotopic (exact) mass is 321 g/mol. The number of hydrogen-bond donors (Lipinski definition) is 3. The van der Waals surface area contributed by atoms with Crippen LogP contribution in [0, 0.1) is 0 Å². The summed E-state index contributed by atoms with van der Waals surface area (Å²) >= 11 is 0. The molecule has 3 rings (SSSR count). The molecule has 2 fully saturated rings. The first-order chi connectivity index (χ1) is 11.3. The number of nitrogens with one attached hydrogen (secondary N) is 2. The number of aliphatic hydroxyl groups excluding tert-OH is 1. The predicted octanol–water partition coefficient (Wildman–Crippen LogP) is -0.289. The lowest BCUT2D eigenvalue weighted by molar-refractivity contribution is -0.120. The Morgan fingerprint density at radius 3 is 3.13 bits per heavy atom. The zero-order valence-electron chi connectivity index (χ0n) is 13.1. The number of carbonyl (C=O) groups is 1. The molecule has 126 valence electrons. The summed E-state index contributed by atoms with van der Waals surface area (Å²) in [5.41, 5.74) is 0.955. The molecule has 2 saturated heterocycles. The Morgan fingerprint density at radius 2 is 2.35 bits per heavy atom. The molecule has 0 bridgehead atoms. The van der Waals surface area contributed by atoms with Gasteiger partial charge in [-0.05, 0) is 6.42 Å². The molecular formula is C15H23N5O3. The molecule has 2 aliphatic rings. The van der Waals surface area contributed by atoms with Crippen LogP contribution in [0.15, 0.2) is 6.07 Å². The molecule has 1 unspecified atom stereocenters. The molecular weight excluding hydrogens is 298 g/mol. The summed E-state index contributed by atoms with van der Waals surface area (Å²) in [6, 6.07) is 2.00. The van der Waals surface area contributed by atoms with Gasteiger partial charge in [0.2, 0.25) is 11.9 Å². The fourth-order valence-electron chi connectivity index (χ4n) is 2.83. The maximum absolute atomic E-state index is 11.5. The van der Waals surface area contributed by atoms with Crippen molar-refractivity contribution in [3.8, 4) is 0 Å². The van der Waals surface area contributed by atoms with Crippen LogP contribution in [0.1, 0.15) is 24.5 Å². The van der Waals surface area contributed by atoms with E-state index in [1.807, 2.05) is 6.07 Å². The number of amides is 1. The first-order valence-corrected chi connectivity index (χ1v) is 8.09. The Kier molecular flexibility index (Phi) is 5.24. The smallest absolute Gasteiger partial charge is 0.224 e. The van der Waals surface area contributed by atoms with Crippen molar-refractivity contribution in [1.82, 2.24) is 15.3 Å². The number of rotatable bonds is 5. The Bertz CT molecular complexity index is 548. The van der Waals surface area contributed by atoms with E-state index in [4.69, 9.17) is 9.84 Å². The minimum absolute atomic E-state index is 0.0254. The SMILES string of the molecule is O=C1CCN(c2cc(C3CCOC3)nc(NCCO)n2)CCN1. The van der Waals surface area contributed by atoms with Gasteiger partial charge in [0, 0.05) is 51.2 Å². The van der Waals surface area contributed by atoms with Crippen LogP contribution in [-0.2, 0) is 9.53 Å². The fraction of sp³-hybridized carbons (Fsp3) is 0.667. The van der Waals surface area contributed by atoms with Crippen LogP contribution in [0.3, 0.4) is 0 Å². The van der Waals surface area contributed by atoms with Crippen molar-refractivity contribution < 1.29 is 14.6 Å². The molecule has 3 heterocycles. The van der Waals surface area contributed by atoms with Gasteiger partial charge in [-0.25, -0.2) is 4.98 Å². The van der Waals surface area contributed by atoms with Gasteiger partial charge in [0.1, 0.15) is 5.82 Å². The van der Waals surface area contributed by atoms with E-state index in [2.05, 4.69) is 25.5 Å². The largest absolute Gasteiger partial charge is 0.395 e. The number of hydrogen-bond acceptors (Lipinski definition) is 7. The van der Waals surface area contributed by atoms with E-state index in [-0.39, 0.29) is 18.4 Å². The minimum Gasteiger partial charge on any atom is -0.395 e. The maximum Gasteiger partial charge on any atom is 0.224 e. The van der Waals surface area contributed by atoms with Crippen LogP contribution in [0.2, 0.25) is 0 Å². The van der Waals surface area contributed by atoms with Crippen molar-refractivity contribution in [1.29, 1.82) is 0 Å². The molecule has 0 saturated carbocycles. The van der Waals surface area contributed by atoms with Crippen molar-refractivity contribution in [3.05, 3.63) is 11.8 Å². The second-order valence-electron chi connectivity index (χ2n) is 5.77. The van der Waals surface area contributed by atoms with Gasteiger partial charge in [0.15, 0.2) is 0 Å². The first-order valence-electron chi connectivity index (χ1n) is 8.09. The van der Waals surface area contributed by atoms with E-state index < -0.39 is 0 Å². The fourth-order valence-corrected chi connectivity index (χ4v) is 2.83. The topological polar surface area (TPSA) is 99.6 Å². The quantitative estimate of drug-likeness (QED) is 0.685. The molecule has 1 aromatic rings. The zero-order valence-corrected chi connectivity index (χ0v) is 13.1. The second-order valence-corrected chi connectivity index (χ2v) is 5.77. The van der Waals surface area contributed by atoms with Gasteiger partial charge in [0.25, 0.3) is 0 Å². The highest BCUT2D eigenvalue weighted by molar-refractivity contribution is 5.77. The summed E-state index contributed by atoms with van der Waals surface area (Å²) in [5.74, 6) is 1.68. The second kappa shape index (κ2) is 7.56. The first kappa shape index (κ1) is 15.9. The number of aromatic nitrogens is 2. The Labute approximate surface area is 135 Å². The third kappa shape index (κ3) is 4.08. The van der Waals surface area contributed by atoms with E-state index in [1.54, 1.807) is 0 Å². The van der Waals surface area contributed by atoms with E-state index in [1.165, 1.54) is 0 Å². The number of anilines is 2. The maximum atomic E-state index is 11.5. The molecule has 0 spiro atoms. The van der Waals surface area contributed by atoms with Crippen LogP contribution in [0.4, 0.5) is 11.8 Å². The highest BCUT2D eigenvalue weighted by Crippen LogP contribution is 2.27. The van der Waals surface area contributed by atoms with Crippen LogP contribution >= 0.6 is 0 Å². The van der Waals surface area contributed by atoms with Gasteiger partial charge in [-0.1, -0.05) is 0 Å². The number of aliphatic hydroxyl groups is 1. The average Bonchev–Trinajstić information content (AvgIpc) is 3.02. The number of nitrogens with zero attached hydrogens (tertiary/aromatic N) is 3. The van der Waals surface area contributed by atoms with Crippen LogP contribution in [-0.4, -0.2) is 67.0 Å². The van der Waals surface area contributed by atoms with E-state index in [0.717, 1.165) is 31.1 Å². The van der Waals surface area contributed by atoms with Gasteiger partial charge in [-0.2, -0.15) is 4.98 Å². The molecule has 0 aliphatic carbocycles. The van der Waals surface area contributed by atoms with Gasteiger partial charge >= 0.3 is 0 Å². The van der Waals surface area contributed by atoms with Crippen molar-refractivity contribution in [2.45, 2.75) is 18.8 Å². The summed E-state index contributed by atoms with van der Waals surface area (Å²) in [6.07, 6.45) is 1.42.